The molecule has 4 nitrogen and oxygen atoms in total. The first-order chi connectivity index (χ1) is 12.0. The van der Waals surface area contributed by atoms with Crippen LogP contribution in [0.15, 0.2) is 36.4 Å². The SMILES string of the molecule is CN(CC(=O)Nc1c(Cl)cccc1Cl)C(=O)c1ccc2c(c1)CCC2. The van der Waals surface area contributed by atoms with E-state index in [1.165, 1.54) is 16.0 Å². The van der Waals surface area contributed by atoms with Crippen molar-refractivity contribution in [2.75, 3.05) is 18.9 Å². The minimum Gasteiger partial charge on any atom is -0.332 e. The molecule has 0 unspecified atom stereocenters. The van der Waals surface area contributed by atoms with Crippen molar-refractivity contribution < 1.29 is 9.59 Å². The zero-order chi connectivity index (χ0) is 18.0. The molecule has 0 fully saturated rings. The molecule has 0 radical (unpaired) electrons. The van der Waals surface area contributed by atoms with Gasteiger partial charge in [-0.1, -0.05) is 35.3 Å². The highest BCUT2D eigenvalue weighted by Crippen LogP contribution is 2.29. The van der Waals surface area contributed by atoms with Gasteiger partial charge in [0.05, 0.1) is 22.3 Å². The number of amides is 2. The largest absolute Gasteiger partial charge is 0.332 e. The van der Waals surface area contributed by atoms with Crippen molar-refractivity contribution >= 4 is 40.7 Å². The summed E-state index contributed by atoms with van der Waals surface area (Å²) in [5, 5.41) is 3.37. The molecule has 0 saturated carbocycles. The smallest absolute Gasteiger partial charge is 0.254 e. The first kappa shape index (κ1) is 17.8. The predicted molar refractivity (Wildman–Crippen MR) is 101 cm³/mol. The topological polar surface area (TPSA) is 49.4 Å². The molecule has 3 rings (SSSR count). The van der Waals surface area contributed by atoms with E-state index in [9.17, 15) is 9.59 Å². The van der Waals surface area contributed by atoms with Gasteiger partial charge in [0, 0.05) is 12.6 Å². The van der Waals surface area contributed by atoms with E-state index in [4.69, 9.17) is 23.2 Å². The van der Waals surface area contributed by atoms with Crippen molar-refractivity contribution in [1.82, 2.24) is 4.90 Å². The van der Waals surface area contributed by atoms with Crippen molar-refractivity contribution in [1.29, 1.82) is 0 Å². The van der Waals surface area contributed by atoms with Gasteiger partial charge in [-0.05, 0) is 54.7 Å². The molecule has 130 valence electrons. The van der Waals surface area contributed by atoms with Gasteiger partial charge in [0.25, 0.3) is 5.91 Å². The lowest BCUT2D eigenvalue weighted by Gasteiger charge is -2.18. The van der Waals surface area contributed by atoms with Gasteiger partial charge in [-0.25, -0.2) is 0 Å². The van der Waals surface area contributed by atoms with Gasteiger partial charge in [0.1, 0.15) is 0 Å². The third kappa shape index (κ3) is 3.97. The lowest BCUT2D eigenvalue weighted by atomic mass is 10.1. The molecule has 2 aromatic carbocycles. The van der Waals surface area contributed by atoms with E-state index < -0.39 is 0 Å². The Morgan fingerprint density at radius 1 is 1.08 bits per heavy atom. The maximum absolute atomic E-state index is 12.6. The van der Waals surface area contributed by atoms with Crippen LogP contribution < -0.4 is 5.32 Å². The number of benzene rings is 2. The summed E-state index contributed by atoms with van der Waals surface area (Å²) in [6.45, 7) is -0.0858. The van der Waals surface area contributed by atoms with Gasteiger partial charge < -0.3 is 10.2 Å². The molecule has 0 bridgehead atoms. The van der Waals surface area contributed by atoms with Crippen molar-refractivity contribution in [3.63, 3.8) is 0 Å². The maximum Gasteiger partial charge on any atom is 0.254 e. The number of hydrogen-bond donors (Lipinski definition) is 1. The van der Waals surface area contributed by atoms with Crippen LogP contribution in [0, 0.1) is 0 Å². The number of para-hydroxylation sites is 1. The Morgan fingerprint density at radius 2 is 1.76 bits per heavy atom. The third-order valence-electron chi connectivity index (χ3n) is 4.30. The zero-order valence-electron chi connectivity index (χ0n) is 13.8. The number of nitrogens with zero attached hydrogens (tertiary/aromatic N) is 1. The predicted octanol–water partition coefficient (Wildman–Crippen LogP) is 4.19. The molecular formula is C19H18Cl2N2O2. The molecular weight excluding hydrogens is 359 g/mol. The monoisotopic (exact) mass is 376 g/mol. The van der Waals surface area contributed by atoms with Crippen LogP contribution in [0.1, 0.15) is 27.9 Å². The fraction of sp³-hybridized carbons (Fsp3) is 0.263. The molecule has 1 aliphatic carbocycles. The minimum absolute atomic E-state index is 0.0858. The fourth-order valence-electron chi connectivity index (χ4n) is 3.01. The van der Waals surface area contributed by atoms with Gasteiger partial charge in [-0.2, -0.15) is 0 Å². The van der Waals surface area contributed by atoms with Gasteiger partial charge in [-0.3, -0.25) is 9.59 Å². The normalized spacial score (nSPS) is 12.6. The summed E-state index contributed by atoms with van der Waals surface area (Å²) >= 11 is 12.1. The van der Waals surface area contributed by atoms with Crippen LogP contribution in [0.5, 0.6) is 0 Å². The van der Waals surface area contributed by atoms with E-state index in [2.05, 4.69) is 5.32 Å². The number of carbonyl (C=O) groups excluding carboxylic acids is 2. The minimum atomic E-state index is -0.355. The van der Waals surface area contributed by atoms with Crippen molar-refractivity contribution in [3.8, 4) is 0 Å². The first-order valence-electron chi connectivity index (χ1n) is 8.07. The maximum atomic E-state index is 12.6. The summed E-state index contributed by atoms with van der Waals surface area (Å²) in [7, 11) is 1.60. The number of carbonyl (C=O) groups is 2. The molecule has 0 atom stereocenters. The highest BCUT2D eigenvalue weighted by Gasteiger charge is 2.19. The number of aryl methyl sites for hydroxylation is 2. The third-order valence-corrected chi connectivity index (χ3v) is 4.93. The fourth-order valence-corrected chi connectivity index (χ4v) is 3.50. The first-order valence-corrected chi connectivity index (χ1v) is 8.82. The molecule has 0 aliphatic heterocycles. The Balaban J connectivity index is 1.66. The number of fused-ring (bicyclic) bond motifs is 1. The van der Waals surface area contributed by atoms with Gasteiger partial charge in [0.2, 0.25) is 5.91 Å². The Bertz CT molecular complexity index is 816. The van der Waals surface area contributed by atoms with Crippen LogP contribution in [-0.4, -0.2) is 30.3 Å². The Kier molecular flexibility index (Phi) is 5.30. The van der Waals surface area contributed by atoms with E-state index >= 15 is 0 Å². The molecule has 0 saturated heterocycles. The van der Waals surface area contributed by atoms with Crippen molar-refractivity contribution in [3.05, 3.63) is 63.1 Å². The average molecular weight is 377 g/mol. The van der Waals surface area contributed by atoms with Crippen LogP contribution in [0.3, 0.4) is 0 Å². The summed E-state index contributed by atoms with van der Waals surface area (Å²) < 4.78 is 0. The molecule has 1 N–H and O–H groups in total. The second-order valence-corrected chi connectivity index (χ2v) is 6.96. The Hall–Kier alpha value is -2.04. The molecule has 25 heavy (non-hydrogen) atoms. The zero-order valence-corrected chi connectivity index (χ0v) is 15.3. The number of halogens is 2. The highest BCUT2D eigenvalue weighted by molar-refractivity contribution is 6.39. The average Bonchev–Trinajstić information content (AvgIpc) is 3.05. The lowest BCUT2D eigenvalue weighted by Crippen LogP contribution is -2.35. The summed E-state index contributed by atoms with van der Waals surface area (Å²) in [6, 6.07) is 10.7. The number of hydrogen-bond acceptors (Lipinski definition) is 2. The molecule has 6 heteroatoms. The van der Waals surface area contributed by atoms with Gasteiger partial charge in [0.15, 0.2) is 0 Å². The highest BCUT2D eigenvalue weighted by atomic mass is 35.5. The lowest BCUT2D eigenvalue weighted by molar-refractivity contribution is -0.116. The summed E-state index contributed by atoms with van der Waals surface area (Å²) in [5.74, 6) is -0.540. The van der Waals surface area contributed by atoms with Crippen LogP contribution in [-0.2, 0) is 17.6 Å². The van der Waals surface area contributed by atoms with Gasteiger partial charge >= 0.3 is 0 Å². The van der Waals surface area contributed by atoms with Crippen molar-refractivity contribution in [2.24, 2.45) is 0 Å². The quantitative estimate of drug-likeness (QED) is 0.869. The molecule has 2 amide bonds. The van der Waals surface area contributed by atoms with E-state index in [1.807, 2.05) is 18.2 Å². The van der Waals surface area contributed by atoms with E-state index in [1.54, 1.807) is 25.2 Å². The molecule has 0 spiro atoms. The van der Waals surface area contributed by atoms with E-state index in [0.717, 1.165) is 19.3 Å². The number of rotatable bonds is 4. The standard InChI is InChI=1S/C19H18Cl2N2O2/c1-23(11-17(24)22-18-15(20)6-3-7-16(18)21)19(25)14-9-8-12-4-2-5-13(12)10-14/h3,6-10H,2,4-5,11H2,1H3,(H,22,24). The van der Waals surface area contributed by atoms with Gasteiger partial charge in [-0.15, -0.1) is 0 Å². The molecule has 2 aromatic rings. The summed E-state index contributed by atoms with van der Waals surface area (Å²) in [5.41, 5.74) is 3.50. The number of anilines is 1. The Labute approximate surface area is 156 Å². The van der Waals surface area contributed by atoms with E-state index in [0.29, 0.717) is 21.3 Å². The van der Waals surface area contributed by atoms with Crippen molar-refractivity contribution in [2.45, 2.75) is 19.3 Å². The second-order valence-electron chi connectivity index (χ2n) is 6.14. The van der Waals surface area contributed by atoms with Crippen LogP contribution in [0.2, 0.25) is 10.0 Å². The number of likely N-dealkylation sites (N-methyl/N-ethyl adjacent to an activating group) is 1. The second kappa shape index (κ2) is 7.46. The molecule has 1 aliphatic rings. The van der Waals surface area contributed by atoms with E-state index in [-0.39, 0.29) is 18.4 Å². The molecule has 0 aromatic heterocycles. The van der Waals surface area contributed by atoms with Crippen LogP contribution >= 0.6 is 23.2 Å². The summed E-state index contributed by atoms with van der Waals surface area (Å²) in [6.07, 6.45) is 3.20. The van der Waals surface area contributed by atoms with Crippen LogP contribution in [0.4, 0.5) is 5.69 Å². The Morgan fingerprint density at radius 3 is 2.48 bits per heavy atom. The molecule has 0 heterocycles. The van der Waals surface area contributed by atoms with Crippen LogP contribution in [0.25, 0.3) is 0 Å². The number of nitrogens with one attached hydrogen (secondary N) is 1. The summed E-state index contributed by atoms with van der Waals surface area (Å²) in [4.78, 5) is 26.2.